The lowest BCUT2D eigenvalue weighted by molar-refractivity contribution is 0.215. The average molecular weight is 237 g/mol. The summed E-state index contributed by atoms with van der Waals surface area (Å²) in [5, 5.41) is 11.6. The molecule has 0 fully saturated rings. The Balaban J connectivity index is 1.68. The van der Waals surface area contributed by atoms with Gasteiger partial charge in [0.15, 0.2) is 0 Å². The summed E-state index contributed by atoms with van der Waals surface area (Å²) in [5.74, 6) is 1.10. The molecular formula is C12H23N5. The normalized spacial score (nSPS) is 18.0. The topological polar surface area (TPSA) is 46.0 Å². The first-order chi connectivity index (χ1) is 8.29. The van der Waals surface area contributed by atoms with Crippen LogP contribution in [0.2, 0.25) is 0 Å². The van der Waals surface area contributed by atoms with Gasteiger partial charge in [-0.25, -0.2) is 0 Å². The SMILES string of the molecule is CCCC(C)NCCN1CCn2cnnc2C1. The Morgan fingerprint density at radius 1 is 1.47 bits per heavy atom. The Labute approximate surface area is 103 Å². The van der Waals surface area contributed by atoms with Crippen LogP contribution < -0.4 is 5.32 Å². The number of nitrogens with zero attached hydrogens (tertiary/aromatic N) is 4. The third-order valence-electron chi connectivity index (χ3n) is 3.36. The highest BCUT2D eigenvalue weighted by atomic mass is 15.3. The highest BCUT2D eigenvalue weighted by molar-refractivity contribution is 4.89. The molecular weight excluding hydrogens is 214 g/mol. The minimum atomic E-state index is 0.633. The second-order valence-corrected chi connectivity index (χ2v) is 4.86. The second kappa shape index (κ2) is 6.12. The van der Waals surface area contributed by atoms with Gasteiger partial charge in [-0.3, -0.25) is 4.90 Å². The van der Waals surface area contributed by atoms with Crippen LogP contribution in [0.15, 0.2) is 6.33 Å². The number of hydrogen-bond donors (Lipinski definition) is 1. The first kappa shape index (κ1) is 12.5. The van der Waals surface area contributed by atoms with Gasteiger partial charge in [0.2, 0.25) is 0 Å². The molecule has 2 heterocycles. The van der Waals surface area contributed by atoms with Crippen LogP contribution in [0, 0.1) is 0 Å². The highest BCUT2D eigenvalue weighted by Gasteiger charge is 2.16. The van der Waals surface area contributed by atoms with Gasteiger partial charge in [0, 0.05) is 32.2 Å². The Bertz CT molecular complexity index is 335. The zero-order valence-corrected chi connectivity index (χ0v) is 10.9. The number of aromatic nitrogens is 3. The maximum absolute atomic E-state index is 4.13. The molecule has 2 rings (SSSR count). The molecule has 1 aromatic heterocycles. The largest absolute Gasteiger partial charge is 0.315 e. The molecule has 0 bridgehead atoms. The number of hydrogen-bond acceptors (Lipinski definition) is 4. The number of rotatable bonds is 6. The van der Waals surface area contributed by atoms with E-state index in [1.807, 2.05) is 6.33 Å². The third kappa shape index (κ3) is 3.51. The summed E-state index contributed by atoms with van der Waals surface area (Å²) in [7, 11) is 0. The van der Waals surface area contributed by atoms with Gasteiger partial charge in [0.1, 0.15) is 12.2 Å². The van der Waals surface area contributed by atoms with Gasteiger partial charge in [-0.1, -0.05) is 13.3 Å². The van der Waals surface area contributed by atoms with Crippen molar-refractivity contribution in [2.75, 3.05) is 19.6 Å². The van der Waals surface area contributed by atoms with E-state index < -0.39 is 0 Å². The fraction of sp³-hybridized carbons (Fsp3) is 0.833. The van der Waals surface area contributed by atoms with Gasteiger partial charge in [0.05, 0.1) is 6.54 Å². The summed E-state index contributed by atoms with van der Waals surface area (Å²) in [4.78, 5) is 2.44. The molecule has 0 spiro atoms. The van der Waals surface area contributed by atoms with Gasteiger partial charge in [0.25, 0.3) is 0 Å². The fourth-order valence-corrected chi connectivity index (χ4v) is 2.31. The van der Waals surface area contributed by atoms with Gasteiger partial charge in [-0.2, -0.15) is 0 Å². The van der Waals surface area contributed by atoms with Gasteiger partial charge in [-0.15, -0.1) is 10.2 Å². The molecule has 1 atom stereocenters. The predicted octanol–water partition coefficient (Wildman–Crippen LogP) is 0.872. The van der Waals surface area contributed by atoms with E-state index in [9.17, 15) is 0 Å². The van der Waals surface area contributed by atoms with E-state index in [0.717, 1.165) is 38.5 Å². The zero-order valence-electron chi connectivity index (χ0n) is 10.9. The third-order valence-corrected chi connectivity index (χ3v) is 3.36. The van der Waals surface area contributed by atoms with Crippen LogP contribution in [0.1, 0.15) is 32.5 Å². The van der Waals surface area contributed by atoms with Crippen LogP contribution in [-0.4, -0.2) is 45.3 Å². The molecule has 1 aromatic rings. The summed E-state index contributed by atoms with van der Waals surface area (Å²) in [6, 6.07) is 0.633. The van der Waals surface area contributed by atoms with Crippen molar-refractivity contribution in [3.63, 3.8) is 0 Å². The lowest BCUT2D eigenvalue weighted by Crippen LogP contribution is -2.39. The Morgan fingerprint density at radius 3 is 3.18 bits per heavy atom. The van der Waals surface area contributed by atoms with Crippen LogP contribution in [0.5, 0.6) is 0 Å². The molecule has 0 saturated carbocycles. The summed E-state index contributed by atoms with van der Waals surface area (Å²) < 4.78 is 2.14. The average Bonchev–Trinajstić information content (AvgIpc) is 2.76. The lowest BCUT2D eigenvalue weighted by Gasteiger charge is -2.27. The molecule has 0 radical (unpaired) electrons. The minimum absolute atomic E-state index is 0.633. The van der Waals surface area contributed by atoms with E-state index in [4.69, 9.17) is 0 Å². The molecule has 96 valence electrons. The van der Waals surface area contributed by atoms with Crippen molar-refractivity contribution in [3.8, 4) is 0 Å². The fourth-order valence-electron chi connectivity index (χ4n) is 2.31. The maximum Gasteiger partial charge on any atom is 0.147 e. The van der Waals surface area contributed by atoms with Crippen molar-refractivity contribution in [1.82, 2.24) is 25.0 Å². The van der Waals surface area contributed by atoms with E-state index in [1.165, 1.54) is 12.8 Å². The smallest absolute Gasteiger partial charge is 0.147 e. The lowest BCUT2D eigenvalue weighted by atomic mass is 10.2. The Morgan fingerprint density at radius 2 is 2.35 bits per heavy atom. The summed E-state index contributed by atoms with van der Waals surface area (Å²) in [6.45, 7) is 9.72. The van der Waals surface area contributed by atoms with Crippen molar-refractivity contribution in [1.29, 1.82) is 0 Å². The van der Waals surface area contributed by atoms with Crippen molar-refractivity contribution in [2.45, 2.75) is 45.8 Å². The minimum Gasteiger partial charge on any atom is -0.315 e. The number of nitrogens with one attached hydrogen (secondary N) is 1. The molecule has 0 aliphatic carbocycles. The molecule has 5 nitrogen and oxygen atoms in total. The van der Waals surface area contributed by atoms with Crippen molar-refractivity contribution >= 4 is 0 Å². The zero-order chi connectivity index (χ0) is 12.1. The van der Waals surface area contributed by atoms with Crippen molar-refractivity contribution < 1.29 is 0 Å². The Hall–Kier alpha value is -0.940. The molecule has 0 saturated heterocycles. The van der Waals surface area contributed by atoms with E-state index in [2.05, 4.69) is 38.8 Å². The van der Waals surface area contributed by atoms with Gasteiger partial charge in [-0.05, 0) is 13.3 Å². The summed E-state index contributed by atoms with van der Waals surface area (Å²) in [5.41, 5.74) is 0. The second-order valence-electron chi connectivity index (χ2n) is 4.86. The molecule has 1 unspecified atom stereocenters. The predicted molar refractivity (Wildman–Crippen MR) is 67.7 cm³/mol. The summed E-state index contributed by atoms with van der Waals surface area (Å²) >= 11 is 0. The van der Waals surface area contributed by atoms with E-state index in [1.54, 1.807) is 0 Å². The van der Waals surface area contributed by atoms with Gasteiger partial charge >= 0.3 is 0 Å². The van der Waals surface area contributed by atoms with Crippen LogP contribution in [0.4, 0.5) is 0 Å². The van der Waals surface area contributed by atoms with Crippen LogP contribution >= 0.6 is 0 Å². The van der Waals surface area contributed by atoms with Crippen LogP contribution in [0.25, 0.3) is 0 Å². The van der Waals surface area contributed by atoms with E-state index in [-0.39, 0.29) is 0 Å². The van der Waals surface area contributed by atoms with Crippen LogP contribution in [-0.2, 0) is 13.1 Å². The van der Waals surface area contributed by atoms with E-state index in [0.29, 0.717) is 6.04 Å². The molecule has 1 N–H and O–H groups in total. The van der Waals surface area contributed by atoms with Gasteiger partial charge < -0.3 is 9.88 Å². The maximum atomic E-state index is 4.13. The molecule has 17 heavy (non-hydrogen) atoms. The van der Waals surface area contributed by atoms with Crippen LogP contribution in [0.3, 0.4) is 0 Å². The highest BCUT2D eigenvalue weighted by Crippen LogP contribution is 2.07. The Kier molecular flexibility index (Phi) is 4.50. The monoisotopic (exact) mass is 237 g/mol. The van der Waals surface area contributed by atoms with Crippen molar-refractivity contribution in [2.24, 2.45) is 0 Å². The summed E-state index contributed by atoms with van der Waals surface area (Å²) in [6.07, 6.45) is 4.34. The first-order valence-electron chi connectivity index (χ1n) is 6.62. The molecule has 1 aliphatic rings. The molecule has 0 amide bonds. The van der Waals surface area contributed by atoms with Crippen molar-refractivity contribution in [3.05, 3.63) is 12.2 Å². The molecule has 1 aliphatic heterocycles. The molecule has 0 aromatic carbocycles. The standard InChI is InChI=1S/C12H23N5/c1-3-4-11(2)13-5-6-16-7-8-17-10-14-15-12(17)9-16/h10-11,13H,3-9H2,1-2H3. The van der Waals surface area contributed by atoms with E-state index >= 15 is 0 Å². The molecule has 5 heteroatoms. The first-order valence-corrected chi connectivity index (χ1v) is 6.62. The quantitative estimate of drug-likeness (QED) is 0.797. The number of fused-ring (bicyclic) bond motifs is 1.